The molecule has 0 spiro atoms. The second kappa shape index (κ2) is 13.8. The summed E-state index contributed by atoms with van der Waals surface area (Å²) in [6.07, 6.45) is 6.46. The summed E-state index contributed by atoms with van der Waals surface area (Å²) in [5.41, 5.74) is 2.84. The number of imidazole rings is 1. The van der Waals surface area contributed by atoms with Gasteiger partial charge in [0.05, 0.1) is 6.04 Å². The van der Waals surface area contributed by atoms with E-state index in [1.165, 1.54) is 0 Å². The number of carbonyl (C=O) groups is 3. The van der Waals surface area contributed by atoms with Crippen LogP contribution in [0.15, 0.2) is 54.9 Å². The zero-order chi connectivity index (χ0) is 25.8. The van der Waals surface area contributed by atoms with Crippen LogP contribution in [0.25, 0.3) is 5.65 Å². The second-order valence-corrected chi connectivity index (χ2v) is 9.91. The Hall–Kier alpha value is -3.14. The van der Waals surface area contributed by atoms with E-state index in [2.05, 4.69) is 15.6 Å². The van der Waals surface area contributed by atoms with Crippen molar-refractivity contribution in [3.8, 4) is 0 Å². The number of hydrogen-bond acceptors (Lipinski definition) is 5. The van der Waals surface area contributed by atoms with E-state index in [0.29, 0.717) is 56.8 Å². The summed E-state index contributed by atoms with van der Waals surface area (Å²) in [6.45, 7) is 4.71. The molecule has 2 N–H and O–H groups in total. The topological polar surface area (TPSA) is 99.0 Å². The molecule has 0 unspecified atom stereocenters. The molecule has 9 nitrogen and oxygen atoms in total. The molecule has 210 valence electrons. The van der Waals surface area contributed by atoms with Crippen LogP contribution < -0.4 is 10.6 Å². The van der Waals surface area contributed by atoms with Crippen LogP contribution in [0, 0.1) is 6.92 Å². The largest absolute Gasteiger partial charge is 0.355 e. The minimum atomic E-state index is -0.296. The Bertz CT molecular complexity index is 1280. The van der Waals surface area contributed by atoms with Gasteiger partial charge in [-0.25, -0.2) is 4.98 Å². The molecule has 4 heterocycles. The normalized spacial score (nSPS) is 20.4. The maximum atomic E-state index is 13.5. The van der Waals surface area contributed by atoms with Crippen LogP contribution in [0.1, 0.15) is 52.1 Å². The summed E-state index contributed by atoms with van der Waals surface area (Å²) in [6, 6.07) is 12.8. The molecule has 39 heavy (non-hydrogen) atoms. The number of benzene rings is 1. The number of hydrogen-bond donors (Lipinski definition) is 2. The molecule has 3 aromatic rings. The number of amides is 3. The van der Waals surface area contributed by atoms with E-state index in [1.54, 1.807) is 6.20 Å². The van der Waals surface area contributed by atoms with E-state index < -0.39 is 0 Å². The van der Waals surface area contributed by atoms with Gasteiger partial charge in [0, 0.05) is 56.7 Å². The fraction of sp³-hybridized carbons (Fsp3) is 0.429. The van der Waals surface area contributed by atoms with Crippen molar-refractivity contribution in [3.05, 3.63) is 71.7 Å². The van der Waals surface area contributed by atoms with Crippen LogP contribution in [0.2, 0.25) is 0 Å². The third kappa shape index (κ3) is 6.90. The van der Waals surface area contributed by atoms with E-state index in [4.69, 9.17) is 0 Å². The number of aromatic nitrogens is 2. The van der Waals surface area contributed by atoms with Gasteiger partial charge in [-0.15, -0.1) is 24.8 Å². The number of carbonyl (C=O) groups excluding carboxylic acids is 3. The minimum Gasteiger partial charge on any atom is -0.355 e. The molecule has 2 aromatic heterocycles. The fourth-order valence-corrected chi connectivity index (χ4v) is 5.28. The first kappa shape index (κ1) is 30.4. The van der Waals surface area contributed by atoms with E-state index in [9.17, 15) is 14.4 Å². The van der Waals surface area contributed by atoms with E-state index in [-0.39, 0.29) is 54.6 Å². The first-order valence-corrected chi connectivity index (χ1v) is 13.1. The van der Waals surface area contributed by atoms with Crippen molar-refractivity contribution in [3.63, 3.8) is 0 Å². The third-order valence-corrected chi connectivity index (χ3v) is 7.31. The van der Waals surface area contributed by atoms with Crippen LogP contribution in [0.3, 0.4) is 0 Å². The number of nitrogens with zero attached hydrogens (tertiary/aromatic N) is 4. The molecule has 3 amide bonds. The van der Waals surface area contributed by atoms with Crippen molar-refractivity contribution < 1.29 is 14.4 Å². The van der Waals surface area contributed by atoms with Crippen molar-refractivity contribution in [2.24, 2.45) is 0 Å². The van der Waals surface area contributed by atoms with Gasteiger partial charge in [0.1, 0.15) is 11.3 Å². The summed E-state index contributed by atoms with van der Waals surface area (Å²) >= 11 is 0. The van der Waals surface area contributed by atoms with Crippen molar-refractivity contribution >= 4 is 48.2 Å². The van der Waals surface area contributed by atoms with Gasteiger partial charge in [-0.05, 0) is 56.4 Å². The molecule has 2 saturated heterocycles. The Morgan fingerprint density at radius 1 is 0.949 bits per heavy atom. The summed E-state index contributed by atoms with van der Waals surface area (Å²) < 4.78 is 1.88. The standard InChI is InChI=1S/C28H34N6O3.2ClH/c1-20-9-7-14-33-19-24(31-25(20)33)28(37)32-13-6-5-12-29-26(35)23-17-22(18-30-23)34(16-8-15-32)27(36)21-10-3-2-4-11-21;;/h2-4,7,9-11,14,19,22-23,30H,5-6,8,12-13,15-18H2,1H3,(H,29,35);2*1H/t22-,23-;;/m0../s1. The molecule has 2 fully saturated rings. The molecule has 0 radical (unpaired) electrons. The predicted octanol–water partition coefficient (Wildman–Crippen LogP) is 3.10. The summed E-state index contributed by atoms with van der Waals surface area (Å²) in [5.74, 6) is -0.184. The monoisotopic (exact) mass is 574 g/mol. The number of aryl methyl sites for hydroxylation is 1. The number of rotatable bonds is 2. The van der Waals surface area contributed by atoms with Crippen LogP contribution in [0.5, 0.6) is 0 Å². The Balaban J connectivity index is 0.00000210. The third-order valence-electron chi connectivity index (χ3n) is 7.31. The van der Waals surface area contributed by atoms with Crippen LogP contribution >= 0.6 is 24.8 Å². The molecule has 11 heteroatoms. The fourth-order valence-electron chi connectivity index (χ4n) is 5.28. The lowest BCUT2D eigenvalue weighted by Gasteiger charge is -2.30. The zero-order valence-corrected chi connectivity index (χ0v) is 23.7. The van der Waals surface area contributed by atoms with Crippen LogP contribution in [-0.2, 0) is 4.79 Å². The predicted molar refractivity (Wildman–Crippen MR) is 155 cm³/mol. The van der Waals surface area contributed by atoms with Gasteiger partial charge in [-0.2, -0.15) is 0 Å². The Morgan fingerprint density at radius 3 is 2.49 bits per heavy atom. The van der Waals surface area contributed by atoms with Crippen molar-refractivity contribution in [2.45, 2.75) is 44.7 Å². The van der Waals surface area contributed by atoms with E-state index in [0.717, 1.165) is 24.1 Å². The first-order chi connectivity index (χ1) is 18.0. The Morgan fingerprint density at radius 2 is 1.72 bits per heavy atom. The smallest absolute Gasteiger partial charge is 0.274 e. The van der Waals surface area contributed by atoms with Gasteiger partial charge >= 0.3 is 0 Å². The zero-order valence-electron chi connectivity index (χ0n) is 22.0. The lowest BCUT2D eigenvalue weighted by molar-refractivity contribution is -0.122. The lowest BCUT2D eigenvalue weighted by Crippen LogP contribution is -2.44. The molecule has 2 atom stereocenters. The molecular formula is C28H36Cl2N6O3. The number of fused-ring (bicyclic) bond motifs is 3. The van der Waals surface area contributed by atoms with Crippen molar-refractivity contribution in [2.75, 3.05) is 32.7 Å². The molecular weight excluding hydrogens is 539 g/mol. The number of nitrogens with one attached hydrogen (secondary N) is 2. The van der Waals surface area contributed by atoms with Gasteiger partial charge < -0.3 is 24.8 Å². The highest BCUT2D eigenvalue weighted by atomic mass is 35.5. The molecule has 2 bridgehead atoms. The quantitative estimate of drug-likeness (QED) is 0.490. The van der Waals surface area contributed by atoms with Gasteiger partial charge in [-0.1, -0.05) is 24.3 Å². The van der Waals surface area contributed by atoms with E-state index in [1.807, 2.05) is 69.8 Å². The Kier molecular flexibility index (Phi) is 10.7. The van der Waals surface area contributed by atoms with Gasteiger partial charge in [0.15, 0.2) is 0 Å². The summed E-state index contributed by atoms with van der Waals surface area (Å²) in [7, 11) is 0. The van der Waals surface area contributed by atoms with Crippen molar-refractivity contribution in [1.29, 1.82) is 0 Å². The van der Waals surface area contributed by atoms with Gasteiger partial charge in [0.25, 0.3) is 11.8 Å². The molecule has 5 rings (SSSR count). The number of pyridine rings is 1. The molecule has 2 aliphatic heterocycles. The average Bonchev–Trinajstić information content (AvgIpc) is 3.58. The van der Waals surface area contributed by atoms with Crippen molar-refractivity contribution in [1.82, 2.24) is 29.8 Å². The lowest BCUT2D eigenvalue weighted by atomic mass is 10.1. The SMILES string of the molecule is Cc1cccn2cc(C(=O)N3CCCCNC(=O)[C@@H]4C[C@@H](CN4)N(C(=O)c4ccccc4)CCC3)nc12.Cl.Cl. The van der Waals surface area contributed by atoms with Gasteiger partial charge in [0.2, 0.25) is 5.91 Å². The summed E-state index contributed by atoms with van der Waals surface area (Å²) in [4.78, 5) is 48.0. The second-order valence-electron chi connectivity index (χ2n) is 9.91. The molecule has 0 saturated carbocycles. The number of halogens is 2. The van der Waals surface area contributed by atoms with E-state index >= 15 is 0 Å². The highest BCUT2D eigenvalue weighted by molar-refractivity contribution is 5.95. The maximum Gasteiger partial charge on any atom is 0.274 e. The minimum absolute atomic E-state index is 0. The maximum absolute atomic E-state index is 13.5. The highest BCUT2D eigenvalue weighted by Gasteiger charge is 2.35. The van der Waals surface area contributed by atoms with Gasteiger partial charge in [-0.3, -0.25) is 14.4 Å². The van der Waals surface area contributed by atoms with Crippen LogP contribution in [0.4, 0.5) is 0 Å². The summed E-state index contributed by atoms with van der Waals surface area (Å²) in [5, 5.41) is 6.31. The highest BCUT2D eigenvalue weighted by Crippen LogP contribution is 2.19. The Labute approximate surface area is 241 Å². The molecule has 0 aliphatic carbocycles. The first-order valence-electron chi connectivity index (χ1n) is 13.1. The molecule has 2 aliphatic rings. The molecule has 1 aromatic carbocycles. The van der Waals surface area contributed by atoms with Crippen LogP contribution in [-0.4, -0.2) is 81.7 Å². The average molecular weight is 576 g/mol.